The van der Waals surface area contributed by atoms with E-state index in [9.17, 15) is 13.2 Å². The smallest absolute Gasteiger partial charge is 0.240 e. The Morgan fingerprint density at radius 2 is 1.83 bits per heavy atom. The molecule has 0 fully saturated rings. The van der Waals surface area contributed by atoms with Crippen molar-refractivity contribution in [2.75, 3.05) is 18.1 Å². The van der Waals surface area contributed by atoms with E-state index < -0.39 is 10.0 Å². The van der Waals surface area contributed by atoms with E-state index in [1.165, 1.54) is 24.9 Å². The molecule has 0 heterocycles. The lowest BCUT2D eigenvalue weighted by Crippen LogP contribution is -2.20. The molecule has 0 unspecified atom stereocenters. The monoisotopic (exact) mass is 384 g/mol. The molecule has 0 saturated carbocycles. The zero-order chi connectivity index (χ0) is 17.7. The van der Waals surface area contributed by atoms with E-state index in [1.54, 1.807) is 31.2 Å². The van der Waals surface area contributed by atoms with Gasteiger partial charge in [0, 0.05) is 15.6 Å². The van der Waals surface area contributed by atoms with Crippen LogP contribution < -0.4 is 10.0 Å². The van der Waals surface area contributed by atoms with E-state index in [-0.39, 0.29) is 16.6 Å². The highest BCUT2D eigenvalue weighted by Crippen LogP contribution is 2.22. The first-order valence-electron chi connectivity index (χ1n) is 7.04. The third-order valence-electron chi connectivity index (χ3n) is 3.21. The molecule has 0 aromatic heterocycles. The molecule has 5 nitrogen and oxygen atoms in total. The highest BCUT2D eigenvalue weighted by atomic mass is 35.5. The molecule has 1 amide bonds. The molecule has 2 rings (SSSR count). The van der Waals surface area contributed by atoms with E-state index in [0.29, 0.717) is 16.3 Å². The number of anilines is 1. The number of rotatable bonds is 6. The van der Waals surface area contributed by atoms with Crippen LogP contribution in [-0.2, 0) is 14.8 Å². The summed E-state index contributed by atoms with van der Waals surface area (Å²) in [4.78, 5) is 13.1. The van der Waals surface area contributed by atoms with E-state index in [4.69, 9.17) is 11.6 Å². The number of halogens is 1. The van der Waals surface area contributed by atoms with Gasteiger partial charge in [-0.1, -0.05) is 17.7 Å². The molecule has 0 aliphatic rings. The van der Waals surface area contributed by atoms with Crippen LogP contribution in [0.4, 0.5) is 5.69 Å². The Balaban J connectivity index is 2.04. The van der Waals surface area contributed by atoms with Gasteiger partial charge in [0.15, 0.2) is 0 Å². The van der Waals surface area contributed by atoms with Crippen molar-refractivity contribution in [2.45, 2.75) is 16.7 Å². The molecule has 0 spiro atoms. The minimum absolute atomic E-state index is 0.146. The highest BCUT2D eigenvalue weighted by Gasteiger charge is 2.15. The fraction of sp³-hybridized carbons (Fsp3) is 0.188. The second-order valence-corrected chi connectivity index (χ2v) is 8.32. The van der Waals surface area contributed by atoms with Gasteiger partial charge in [0.1, 0.15) is 0 Å². The molecule has 0 aliphatic carbocycles. The van der Waals surface area contributed by atoms with Gasteiger partial charge in [-0.2, -0.15) is 0 Å². The number of benzene rings is 2. The molecule has 2 aromatic rings. The first-order valence-corrected chi connectivity index (χ1v) is 9.89. The summed E-state index contributed by atoms with van der Waals surface area (Å²) in [5, 5.41) is 3.35. The van der Waals surface area contributed by atoms with Crippen LogP contribution in [0.3, 0.4) is 0 Å². The highest BCUT2D eigenvalue weighted by molar-refractivity contribution is 8.00. The van der Waals surface area contributed by atoms with Crippen molar-refractivity contribution in [3.8, 4) is 0 Å². The molecule has 0 bridgehead atoms. The molecular formula is C16H17ClN2O3S2. The maximum atomic E-state index is 12.0. The Kier molecular flexibility index (Phi) is 6.28. The van der Waals surface area contributed by atoms with Crippen LogP contribution in [0.25, 0.3) is 0 Å². The molecule has 2 N–H and O–H groups in total. The van der Waals surface area contributed by atoms with Crippen LogP contribution in [0.1, 0.15) is 5.56 Å². The fourth-order valence-electron chi connectivity index (χ4n) is 1.95. The Morgan fingerprint density at radius 3 is 2.46 bits per heavy atom. The molecule has 128 valence electrons. The number of hydrogen-bond acceptors (Lipinski definition) is 4. The number of carbonyl (C=O) groups is 1. The van der Waals surface area contributed by atoms with Crippen LogP contribution in [0, 0.1) is 6.92 Å². The van der Waals surface area contributed by atoms with Gasteiger partial charge in [0.25, 0.3) is 0 Å². The first kappa shape index (κ1) is 18.8. The number of nitrogens with one attached hydrogen (secondary N) is 2. The average molecular weight is 385 g/mol. The lowest BCUT2D eigenvalue weighted by Gasteiger charge is -2.10. The van der Waals surface area contributed by atoms with Crippen molar-refractivity contribution in [2.24, 2.45) is 0 Å². The van der Waals surface area contributed by atoms with Gasteiger partial charge in [-0.15, -0.1) is 11.8 Å². The van der Waals surface area contributed by atoms with Gasteiger partial charge in [-0.05, 0) is 55.9 Å². The van der Waals surface area contributed by atoms with Crippen LogP contribution in [0.5, 0.6) is 0 Å². The van der Waals surface area contributed by atoms with Gasteiger partial charge in [0.2, 0.25) is 15.9 Å². The standard InChI is InChI=1S/C16H17ClN2O3S2/c1-11-3-6-13(9-15(11)24(21,22)18-2)19-16(20)10-23-14-7-4-12(17)5-8-14/h3-9,18H,10H2,1-2H3,(H,19,20). The van der Waals surface area contributed by atoms with Crippen LogP contribution in [-0.4, -0.2) is 27.1 Å². The second-order valence-electron chi connectivity index (χ2n) is 4.98. The number of carbonyl (C=O) groups excluding carboxylic acids is 1. The zero-order valence-corrected chi connectivity index (χ0v) is 15.6. The van der Waals surface area contributed by atoms with Gasteiger partial charge in [-0.25, -0.2) is 13.1 Å². The number of amides is 1. The predicted molar refractivity (Wildman–Crippen MR) is 98.2 cm³/mol. The largest absolute Gasteiger partial charge is 0.325 e. The minimum atomic E-state index is -3.57. The fourth-order valence-corrected chi connectivity index (χ4v) is 3.77. The average Bonchev–Trinajstić information content (AvgIpc) is 2.56. The van der Waals surface area contributed by atoms with Crippen molar-refractivity contribution < 1.29 is 13.2 Å². The maximum absolute atomic E-state index is 12.0. The maximum Gasteiger partial charge on any atom is 0.240 e. The van der Waals surface area contributed by atoms with Crippen molar-refractivity contribution >= 4 is 45.0 Å². The summed E-state index contributed by atoms with van der Waals surface area (Å²) in [6.45, 7) is 1.70. The van der Waals surface area contributed by atoms with Crippen molar-refractivity contribution in [1.82, 2.24) is 4.72 Å². The van der Waals surface area contributed by atoms with E-state index >= 15 is 0 Å². The summed E-state index contributed by atoms with van der Waals surface area (Å²) in [6.07, 6.45) is 0. The molecule has 8 heteroatoms. The number of sulfonamides is 1. The van der Waals surface area contributed by atoms with Crippen molar-refractivity contribution in [1.29, 1.82) is 0 Å². The third kappa shape index (κ3) is 4.98. The Labute approximate surface area is 150 Å². The normalized spacial score (nSPS) is 11.3. The molecule has 0 radical (unpaired) electrons. The van der Waals surface area contributed by atoms with Gasteiger partial charge in [0.05, 0.1) is 10.6 Å². The number of thioether (sulfide) groups is 1. The number of aryl methyl sites for hydroxylation is 1. The second kappa shape index (κ2) is 8.02. The Hall–Kier alpha value is -1.54. The van der Waals surface area contributed by atoms with E-state index in [1.807, 2.05) is 12.1 Å². The molecular weight excluding hydrogens is 368 g/mol. The lowest BCUT2D eigenvalue weighted by atomic mass is 10.2. The topological polar surface area (TPSA) is 75.3 Å². The summed E-state index contributed by atoms with van der Waals surface area (Å²) in [5.74, 6) is -0.00418. The molecule has 2 aromatic carbocycles. The zero-order valence-electron chi connectivity index (χ0n) is 13.2. The minimum Gasteiger partial charge on any atom is -0.325 e. The molecule has 0 aliphatic heterocycles. The predicted octanol–water partition coefficient (Wildman–Crippen LogP) is 3.29. The lowest BCUT2D eigenvalue weighted by molar-refractivity contribution is -0.113. The van der Waals surface area contributed by atoms with Gasteiger partial charge >= 0.3 is 0 Å². The van der Waals surface area contributed by atoms with Gasteiger partial charge in [-0.3, -0.25) is 4.79 Å². The summed E-state index contributed by atoms with van der Waals surface area (Å²) < 4.78 is 26.2. The summed E-state index contributed by atoms with van der Waals surface area (Å²) in [7, 11) is -2.22. The quantitative estimate of drug-likeness (QED) is 0.749. The summed E-state index contributed by atoms with van der Waals surface area (Å²) in [5.41, 5.74) is 1.05. The third-order valence-corrected chi connectivity index (χ3v) is 6.03. The molecule has 0 saturated heterocycles. The van der Waals surface area contributed by atoms with Crippen LogP contribution in [0.2, 0.25) is 5.02 Å². The molecule has 24 heavy (non-hydrogen) atoms. The van der Waals surface area contributed by atoms with Gasteiger partial charge < -0.3 is 5.32 Å². The first-order chi connectivity index (χ1) is 11.3. The van der Waals surface area contributed by atoms with Crippen LogP contribution in [0.15, 0.2) is 52.3 Å². The number of hydrogen-bond donors (Lipinski definition) is 2. The van der Waals surface area contributed by atoms with E-state index in [0.717, 1.165) is 4.90 Å². The van der Waals surface area contributed by atoms with Crippen LogP contribution >= 0.6 is 23.4 Å². The van der Waals surface area contributed by atoms with E-state index in [2.05, 4.69) is 10.0 Å². The summed E-state index contributed by atoms with van der Waals surface area (Å²) in [6, 6.07) is 12.0. The molecule has 0 atom stereocenters. The van der Waals surface area contributed by atoms with Crippen molar-refractivity contribution in [3.63, 3.8) is 0 Å². The van der Waals surface area contributed by atoms with Crippen molar-refractivity contribution in [3.05, 3.63) is 53.1 Å². The SMILES string of the molecule is CNS(=O)(=O)c1cc(NC(=O)CSc2ccc(Cl)cc2)ccc1C. The Morgan fingerprint density at radius 1 is 1.17 bits per heavy atom. The Bertz CT molecular complexity index is 837. The summed E-state index contributed by atoms with van der Waals surface area (Å²) >= 11 is 7.19.